The molecule has 14 heteroatoms. The lowest BCUT2D eigenvalue weighted by molar-refractivity contribution is -0.160. The molecular formula is C22H39N2O11P. The monoisotopic (exact) mass is 538 g/mol. The number of carbonyl (C=O) groups excluding carboxylic acids is 4. The fraction of sp³-hybridized carbons (Fsp3) is 0.818. The first-order valence-electron chi connectivity index (χ1n) is 11.5. The van der Waals surface area contributed by atoms with Gasteiger partial charge in [-0.05, 0) is 5.92 Å². The minimum absolute atomic E-state index is 0.000418. The van der Waals surface area contributed by atoms with Crippen LogP contribution < -0.4 is 11.1 Å². The van der Waals surface area contributed by atoms with E-state index >= 15 is 0 Å². The van der Waals surface area contributed by atoms with Gasteiger partial charge in [0.25, 0.3) is 0 Å². The molecule has 0 spiro atoms. The minimum atomic E-state index is -4.23. The van der Waals surface area contributed by atoms with Crippen molar-refractivity contribution in [2.45, 2.75) is 66.5 Å². The third-order valence-corrected chi connectivity index (χ3v) is 6.62. The zero-order valence-electron chi connectivity index (χ0n) is 22.0. The van der Waals surface area contributed by atoms with Crippen LogP contribution in [0.2, 0.25) is 0 Å². The molecule has 0 aliphatic carbocycles. The van der Waals surface area contributed by atoms with Gasteiger partial charge in [-0.3, -0.25) is 28.2 Å². The van der Waals surface area contributed by atoms with Gasteiger partial charge in [-0.1, -0.05) is 41.5 Å². The average Bonchev–Trinajstić information content (AvgIpc) is 2.78. The second-order valence-corrected chi connectivity index (χ2v) is 11.9. The number of methoxy groups -OCH3 is 1. The van der Waals surface area contributed by atoms with E-state index < -0.39 is 61.4 Å². The van der Waals surface area contributed by atoms with Gasteiger partial charge >= 0.3 is 25.7 Å². The summed E-state index contributed by atoms with van der Waals surface area (Å²) in [7, 11) is -3.00. The van der Waals surface area contributed by atoms with Gasteiger partial charge in [-0.15, -0.1) is 0 Å². The molecule has 0 aromatic carbocycles. The summed E-state index contributed by atoms with van der Waals surface area (Å²) < 4.78 is 43.1. The van der Waals surface area contributed by atoms with Gasteiger partial charge in [0.15, 0.2) is 6.10 Å². The predicted molar refractivity (Wildman–Crippen MR) is 126 cm³/mol. The molecule has 1 aliphatic heterocycles. The van der Waals surface area contributed by atoms with Crippen molar-refractivity contribution in [3.63, 3.8) is 0 Å². The van der Waals surface area contributed by atoms with Crippen molar-refractivity contribution in [2.75, 3.05) is 33.7 Å². The highest BCUT2D eigenvalue weighted by Crippen LogP contribution is 2.57. The van der Waals surface area contributed by atoms with Crippen LogP contribution in [0.25, 0.3) is 0 Å². The molecule has 13 nitrogen and oxygen atoms in total. The van der Waals surface area contributed by atoms with Crippen LogP contribution in [0.15, 0.2) is 0 Å². The Morgan fingerprint density at radius 1 is 1.17 bits per heavy atom. The van der Waals surface area contributed by atoms with Gasteiger partial charge in [0.1, 0.15) is 6.04 Å². The molecule has 0 bridgehead atoms. The van der Waals surface area contributed by atoms with Crippen LogP contribution in [0.1, 0.15) is 54.4 Å². The Kier molecular flexibility index (Phi) is 12.0. The second-order valence-electron chi connectivity index (χ2n) is 10.3. The van der Waals surface area contributed by atoms with Gasteiger partial charge in [-0.2, -0.15) is 0 Å². The maximum Gasteiger partial charge on any atom is 0.478 e. The van der Waals surface area contributed by atoms with Gasteiger partial charge < -0.3 is 25.3 Å². The van der Waals surface area contributed by atoms with Gasteiger partial charge in [0.05, 0.1) is 33.2 Å². The fourth-order valence-corrected chi connectivity index (χ4v) is 4.37. The Hall–Kier alpha value is -2.05. The zero-order chi connectivity index (χ0) is 27.7. The summed E-state index contributed by atoms with van der Waals surface area (Å²) >= 11 is 0. The highest BCUT2D eigenvalue weighted by molar-refractivity contribution is 7.48. The number of hydrogen-bond donors (Lipinski definition) is 2. The summed E-state index contributed by atoms with van der Waals surface area (Å²) in [6, 6.07) is -0.766. The number of nitrogens with two attached hydrogens (primary N) is 1. The van der Waals surface area contributed by atoms with Crippen molar-refractivity contribution in [3.8, 4) is 0 Å². The van der Waals surface area contributed by atoms with E-state index in [9.17, 15) is 23.7 Å². The van der Waals surface area contributed by atoms with Gasteiger partial charge in [-0.25, -0.2) is 9.09 Å². The SMILES string of the molecule is COC(=O)CCNC(=O)[C@@H]1O[P@@](=O)(OCOC(=O)CC(C)(C)COC(=O)[C@@H](N)C(C)C)OCC1(C)C. The van der Waals surface area contributed by atoms with Crippen LogP contribution in [0.3, 0.4) is 0 Å². The van der Waals surface area contributed by atoms with Gasteiger partial charge in [0, 0.05) is 17.4 Å². The van der Waals surface area contributed by atoms with Crippen LogP contribution in [0.4, 0.5) is 0 Å². The predicted octanol–water partition coefficient (Wildman–Crippen LogP) is 1.68. The van der Waals surface area contributed by atoms with E-state index in [0.29, 0.717) is 0 Å². The Morgan fingerprint density at radius 3 is 2.39 bits per heavy atom. The van der Waals surface area contributed by atoms with Crippen molar-refractivity contribution >= 4 is 31.6 Å². The fourth-order valence-electron chi connectivity index (χ4n) is 2.86. The first-order chi connectivity index (χ1) is 16.5. The molecule has 0 radical (unpaired) electrons. The maximum atomic E-state index is 12.8. The molecule has 3 atom stereocenters. The summed E-state index contributed by atoms with van der Waals surface area (Å²) in [5.41, 5.74) is 4.13. The molecule has 208 valence electrons. The second kappa shape index (κ2) is 13.5. The summed E-state index contributed by atoms with van der Waals surface area (Å²) in [6.45, 7) is 9.38. The quantitative estimate of drug-likeness (QED) is 0.150. The van der Waals surface area contributed by atoms with Gasteiger partial charge in [0.2, 0.25) is 12.7 Å². The third kappa shape index (κ3) is 10.5. The Bertz CT molecular complexity index is 844. The summed E-state index contributed by atoms with van der Waals surface area (Å²) in [6.07, 6.45) is -1.39. The van der Waals surface area contributed by atoms with E-state index in [1.807, 2.05) is 0 Å². The summed E-state index contributed by atoms with van der Waals surface area (Å²) in [5, 5.41) is 2.52. The largest absolute Gasteiger partial charge is 0.478 e. The Labute approximate surface area is 211 Å². The van der Waals surface area contributed by atoms with E-state index in [0.717, 1.165) is 0 Å². The lowest BCUT2D eigenvalue weighted by Gasteiger charge is -2.39. The molecule has 1 fully saturated rings. The lowest BCUT2D eigenvalue weighted by atomic mass is 9.87. The van der Waals surface area contributed by atoms with E-state index in [1.165, 1.54) is 7.11 Å². The van der Waals surface area contributed by atoms with E-state index in [-0.39, 0.29) is 38.5 Å². The van der Waals surface area contributed by atoms with Crippen LogP contribution in [0.5, 0.6) is 0 Å². The molecular weight excluding hydrogens is 499 g/mol. The molecule has 1 saturated heterocycles. The standard InChI is InChI=1S/C22H39N2O11P/c1-14(2)17(23)20(28)31-11-21(3,4)10-16(26)32-13-34-36(29)33-12-22(5,6)18(35-36)19(27)24-9-8-15(25)30-7/h14,17-18H,8-13,23H2,1-7H3,(H,24,27)/t17-,18-,36+/m0/s1. The number of carbonyl (C=O) groups is 4. The first-order valence-corrected chi connectivity index (χ1v) is 13.0. The number of phosphoric acid groups is 1. The summed E-state index contributed by atoms with van der Waals surface area (Å²) in [4.78, 5) is 47.9. The van der Waals surface area contributed by atoms with E-state index in [1.54, 1.807) is 41.5 Å². The van der Waals surface area contributed by atoms with Crippen molar-refractivity contribution in [2.24, 2.45) is 22.5 Å². The van der Waals surface area contributed by atoms with Crippen LogP contribution >= 0.6 is 7.82 Å². The molecule has 0 aromatic heterocycles. The highest BCUT2D eigenvalue weighted by Gasteiger charge is 2.49. The average molecular weight is 539 g/mol. The Balaban J connectivity index is 2.56. The van der Waals surface area contributed by atoms with Crippen molar-refractivity contribution in [1.82, 2.24) is 5.32 Å². The number of amides is 1. The summed E-state index contributed by atoms with van der Waals surface area (Å²) in [5.74, 6) is -2.47. The van der Waals surface area contributed by atoms with Crippen LogP contribution in [0, 0.1) is 16.7 Å². The lowest BCUT2D eigenvalue weighted by Crippen LogP contribution is -2.50. The zero-order valence-corrected chi connectivity index (χ0v) is 22.9. The smallest absolute Gasteiger partial charge is 0.469 e. The molecule has 3 N–H and O–H groups in total. The normalized spacial score (nSPS) is 22.4. The topological polar surface area (TPSA) is 179 Å². The molecule has 1 aliphatic rings. The minimum Gasteiger partial charge on any atom is -0.469 e. The molecule has 36 heavy (non-hydrogen) atoms. The van der Waals surface area contributed by atoms with Crippen molar-refractivity contribution in [1.29, 1.82) is 0 Å². The van der Waals surface area contributed by atoms with Crippen molar-refractivity contribution in [3.05, 3.63) is 0 Å². The first kappa shape index (κ1) is 32.0. The van der Waals surface area contributed by atoms with E-state index in [4.69, 9.17) is 28.8 Å². The number of ether oxygens (including phenoxy) is 3. The molecule has 1 amide bonds. The Morgan fingerprint density at radius 2 is 1.81 bits per heavy atom. The number of hydrogen-bond acceptors (Lipinski definition) is 12. The molecule has 0 aromatic rings. The molecule has 1 rings (SSSR count). The highest BCUT2D eigenvalue weighted by atomic mass is 31.2. The van der Waals surface area contributed by atoms with Crippen molar-refractivity contribution < 1.29 is 51.5 Å². The number of nitrogens with one attached hydrogen (secondary N) is 1. The molecule has 1 heterocycles. The maximum absolute atomic E-state index is 12.8. The van der Waals surface area contributed by atoms with Crippen LogP contribution in [-0.2, 0) is 51.5 Å². The number of esters is 3. The van der Waals surface area contributed by atoms with Crippen LogP contribution in [-0.4, -0.2) is 69.6 Å². The van der Waals surface area contributed by atoms with E-state index in [2.05, 4.69) is 10.1 Å². The molecule has 0 saturated carbocycles. The number of phosphoric ester groups is 1. The molecule has 0 unspecified atom stereocenters. The number of rotatable bonds is 13. The third-order valence-electron chi connectivity index (χ3n) is 5.28.